The van der Waals surface area contributed by atoms with Crippen LogP contribution >= 0.6 is 0 Å². The van der Waals surface area contributed by atoms with E-state index in [1.165, 1.54) is 5.56 Å². The summed E-state index contributed by atoms with van der Waals surface area (Å²) in [6.45, 7) is 8.51. The molecule has 4 heteroatoms. The lowest BCUT2D eigenvalue weighted by molar-refractivity contribution is 0.482. The minimum absolute atomic E-state index is 0.0471. The molecular formula is C21H25N3O. The Balaban J connectivity index is 1.87. The lowest BCUT2D eigenvalue weighted by atomic mass is 9.92. The Morgan fingerprint density at radius 2 is 1.72 bits per heavy atom. The number of rotatable bonds is 4. The molecule has 1 heterocycles. The first kappa shape index (κ1) is 17.1. The molecule has 0 aliphatic carbocycles. The smallest absolute Gasteiger partial charge is 0.129 e. The molecule has 0 unspecified atom stereocenters. The third-order valence-electron chi connectivity index (χ3n) is 4.13. The molecule has 0 amide bonds. The average Bonchev–Trinajstić information content (AvgIpc) is 2.98. The lowest BCUT2D eigenvalue weighted by Crippen LogP contribution is -2.12. The molecule has 0 spiro atoms. The molecule has 0 fully saturated rings. The van der Waals surface area contributed by atoms with Gasteiger partial charge in [-0.3, -0.25) is 0 Å². The summed E-state index contributed by atoms with van der Waals surface area (Å²) in [5.41, 5.74) is 9.26. The maximum Gasteiger partial charge on any atom is 0.129 e. The summed E-state index contributed by atoms with van der Waals surface area (Å²) in [5, 5.41) is 4.66. The first-order valence-electron chi connectivity index (χ1n) is 8.60. The van der Waals surface area contributed by atoms with Gasteiger partial charge in [0, 0.05) is 17.5 Å². The highest BCUT2D eigenvalue weighted by atomic mass is 16.5. The SMILES string of the molecule is CCc1ccc(Oc2cccc(-n3nc(C(C)(C)C)cc3N)c2)cc1. The second kappa shape index (κ2) is 6.63. The monoisotopic (exact) mass is 335 g/mol. The molecule has 0 aliphatic heterocycles. The van der Waals surface area contributed by atoms with Crippen LogP contribution in [0.15, 0.2) is 54.6 Å². The number of nitrogen functional groups attached to an aromatic ring is 1. The van der Waals surface area contributed by atoms with Gasteiger partial charge in [-0.25, -0.2) is 4.68 Å². The number of hydrogen-bond donors (Lipinski definition) is 1. The van der Waals surface area contributed by atoms with Gasteiger partial charge in [0.05, 0.1) is 11.4 Å². The fourth-order valence-corrected chi connectivity index (χ4v) is 2.58. The summed E-state index contributed by atoms with van der Waals surface area (Å²) < 4.78 is 7.73. The molecule has 0 saturated heterocycles. The highest BCUT2D eigenvalue weighted by Gasteiger charge is 2.19. The van der Waals surface area contributed by atoms with Gasteiger partial charge in [-0.1, -0.05) is 45.9 Å². The quantitative estimate of drug-likeness (QED) is 0.721. The van der Waals surface area contributed by atoms with Crippen molar-refractivity contribution in [3.05, 3.63) is 65.9 Å². The zero-order chi connectivity index (χ0) is 18.0. The third kappa shape index (κ3) is 3.85. The van der Waals surface area contributed by atoms with Gasteiger partial charge in [0.1, 0.15) is 17.3 Å². The van der Waals surface area contributed by atoms with E-state index in [0.29, 0.717) is 5.82 Å². The molecule has 3 rings (SSSR count). The maximum atomic E-state index is 6.16. The van der Waals surface area contributed by atoms with E-state index in [4.69, 9.17) is 10.5 Å². The van der Waals surface area contributed by atoms with E-state index in [1.54, 1.807) is 4.68 Å². The van der Waals surface area contributed by atoms with E-state index in [-0.39, 0.29) is 5.41 Å². The van der Waals surface area contributed by atoms with E-state index in [9.17, 15) is 0 Å². The van der Waals surface area contributed by atoms with E-state index >= 15 is 0 Å². The van der Waals surface area contributed by atoms with Crippen molar-refractivity contribution >= 4 is 5.82 Å². The van der Waals surface area contributed by atoms with E-state index < -0.39 is 0 Å². The molecule has 2 N–H and O–H groups in total. The minimum atomic E-state index is -0.0471. The van der Waals surface area contributed by atoms with Crippen molar-refractivity contribution in [2.45, 2.75) is 39.5 Å². The molecule has 4 nitrogen and oxygen atoms in total. The Morgan fingerprint density at radius 3 is 2.32 bits per heavy atom. The molecule has 0 saturated carbocycles. The highest BCUT2D eigenvalue weighted by Crippen LogP contribution is 2.27. The first-order chi connectivity index (χ1) is 11.9. The fourth-order valence-electron chi connectivity index (χ4n) is 2.58. The number of benzene rings is 2. The van der Waals surface area contributed by atoms with Crippen LogP contribution < -0.4 is 10.5 Å². The third-order valence-corrected chi connectivity index (χ3v) is 4.13. The van der Waals surface area contributed by atoms with Gasteiger partial charge in [0.2, 0.25) is 0 Å². The molecule has 130 valence electrons. The van der Waals surface area contributed by atoms with Crippen molar-refractivity contribution in [3.63, 3.8) is 0 Å². The lowest BCUT2D eigenvalue weighted by Gasteiger charge is -2.14. The summed E-state index contributed by atoms with van der Waals surface area (Å²) in [4.78, 5) is 0. The van der Waals surface area contributed by atoms with Crippen LogP contribution in [0.5, 0.6) is 11.5 Å². The number of hydrogen-bond acceptors (Lipinski definition) is 3. The molecule has 0 radical (unpaired) electrons. The first-order valence-corrected chi connectivity index (χ1v) is 8.60. The zero-order valence-corrected chi connectivity index (χ0v) is 15.3. The Kier molecular flexibility index (Phi) is 4.53. The summed E-state index contributed by atoms with van der Waals surface area (Å²) in [7, 11) is 0. The van der Waals surface area contributed by atoms with Crippen molar-refractivity contribution in [3.8, 4) is 17.2 Å². The number of aromatic nitrogens is 2. The number of anilines is 1. The minimum Gasteiger partial charge on any atom is -0.457 e. The maximum absolute atomic E-state index is 6.16. The molecule has 0 atom stereocenters. The van der Waals surface area contributed by atoms with Crippen LogP contribution in [0.1, 0.15) is 39.0 Å². The normalized spacial score (nSPS) is 11.5. The molecular weight excluding hydrogens is 310 g/mol. The van der Waals surface area contributed by atoms with Gasteiger partial charge >= 0.3 is 0 Å². The molecule has 1 aromatic heterocycles. The number of nitrogens with two attached hydrogens (primary N) is 1. The van der Waals surface area contributed by atoms with Gasteiger partial charge in [0.15, 0.2) is 0 Å². The topological polar surface area (TPSA) is 53.1 Å². The largest absolute Gasteiger partial charge is 0.457 e. The standard InChI is InChI=1S/C21H25N3O/c1-5-15-9-11-17(12-10-15)25-18-8-6-7-16(13-18)24-20(22)14-19(23-24)21(2,3)4/h6-14H,5,22H2,1-4H3. The van der Waals surface area contributed by atoms with E-state index in [2.05, 4.69) is 44.9 Å². The summed E-state index contributed by atoms with van der Waals surface area (Å²) in [6.07, 6.45) is 1.02. The van der Waals surface area contributed by atoms with Crippen molar-refractivity contribution in [2.24, 2.45) is 0 Å². The highest BCUT2D eigenvalue weighted by molar-refractivity contribution is 5.47. The molecule has 25 heavy (non-hydrogen) atoms. The summed E-state index contributed by atoms with van der Waals surface area (Å²) in [6, 6.07) is 17.9. The van der Waals surface area contributed by atoms with Crippen molar-refractivity contribution in [1.82, 2.24) is 9.78 Å². The predicted octanol–water partition coefficient (Wildman–Crippen LogP) is 5.11. The predicted molar refractivity (Wildman–Crippen MR) is 103 cm³/mol. The van der Waals surface area contributed by atoms with Gasteiger partial charge in [-0.15, -0.1) is 0 Å². The van der Waals surface area contributed by atoms with Crippen molar-refractivity contribution < 1.29 is 4.74 Å². The average molecular weight is 335 g/mol. The second-order valence-corrected chi connectivity index (χ2v) is 7.21. The molecule has 0 aliphatic rings. The van der Waals surface area contributed by atoms with Crippen LogP contribution in [0, 0.1) is 0 Å². The van der Waals surface area contributed by atoms with Crippen LogP contribution in [0.3, 0.4) is 0 Å². The van der Waals surface area contributed by atoms with Crippen LogP contribution in [0.4, 0.5) is 5.82 Å². The number of aryl methyl sites for hydroxylation is 1. The Morgan fingerprint density at radius 1 is 1.00 bits per heavy atom. The fraction of sp³-hybridized carbons (Fsp3) is 0.286. The molecule has 2 aromatic carbocycles. The van der Waals surface area contributed by atoms with Crippen LogP contribution in [-0.4, -0.2) is 9.78 Å². The van der Waals surface area contributed by atoms with E-state index in [0.717, 1.165) is 29.3 Å². The Labute approximate surface area is 149 Å². The van der Waals surface area contributed by atoms with Gasteiger partial charge < -0.3 is 10.5 Å². The number of ether oxygens (including phenoxy) is 1. The summed E-state index contributed by atoms with van der Waals surface area (Å²) in [5.74, 6) is 2.20. The zero-order valence-electron chi connectivity index (χ0n) is 15.3. The Bertz CT molecular complexity index is 858. The molecule has 0 bridgehead atoms. The van der Waals surface area contributed by atoms with E-state index in [1.807, 2.05) is 42.5 Å². The van der Waals surface area contributed by atoms with Crippen LogP contribution in [0.2, 0.25) is 0 Å². The van der Waals surface area contributed by atoms with Crippen LogP contribution in [0.25, 0.3) is 5.69 Å². The molecule has 3 aromatic rings. The number of nitrogens with zero attached hydrogens (tertiary/aromatic N) is 2. The van der Waals surface area contributed by atoms with Crippen molar-refractivity contribution in [1.29, 1.82) is 0 Å². The van der Waals surface area contributed by atoms with Gasteiger partial charge in [-0.05, 0) is 36.2 Å². The summed E-state index contributed by atoms with van der Waals surface area (Å²) >= 11 is 0. The van der Waals surface area contributed by atoms with Gasteiger partial charge in [0.25, 0.3) is 0 Å². The van der Waals surface area contributed by atoms with Crippen molar-refractivity contribution in [2.75, 3.05) is 5.73 Å². The van der Waals surface area contributed by atoms with Gasteiger partial charge in [-0.2, -0.15) is 5.10 Å². The second-order valence-electron chi connectivity index (χ2n) is 7.21. The Hall–Kier alpha value is -2.75. The van der Waals surface area contributed by atoms with Crippen LogP contribution in [-0.2, 0) is 11.8 Å².